The molecule has 1 aliphatic carbocycles. The Balaban J connectivity index is 1.67. The summed E-state index contributed by atoms with van der Waals surface area (Å²) in [6.45, 7) is 3.98. The lowest BCUT2D eigenvalue weighted by Gasteiger charge is -2.21. The van der Waals surface area contributed by atoms with Crippen molar-refractivity contribution >= 4 is 29.1 Å². The van der Waals surface area contributed by atoms with Crippen LogP contribution in [0.4, 0.5) is 0 Å². The van der Waals surface area contributed by atoms with Gasteiger partial charge in [-0.3, -0.25) is 20.4 Å². The third-order valence-corrected chi connectivity index (χ3v) is 4.74. The molecule has 1 saturated carbocycles. The molecule has 1 aliphatic rings. The van der Waals surface area contributed by atoms with Crippen LogP contribution in [0.25, 0.3) is 0 Å². The SMILES string of the molecule is C=CCOc1ccc(C(=O)NNC(=S)NC(=O)CCC2CCCCC2)cc1. The van der Waals surface area contributed by atoms with Crippen molar-refractivity contribution in [1.82, 2.24) is 16.2 Å². The molecule has 2 amide bonds. The molecule has 6 nitrogen and oxygen atoms in total. The van der Waals surface area contributed by atoms with E-state index >= 15 is 0 Å². The summed E-state index contributed by atoms with van der Waals surface area (Å²) >= 11 is 5.05. The van der Waals surface area contributed by atoms with Crippen LogP contribution in [-0.4, -0.2) is 23.5 Å². The maximum atomic E-state index is 12.1. The molecule has 0 radical (unpaired) electrons. The quantitative estimate of drug-likeness (QED) is 0.379. The van der Waals surface area contributed by atoms with Gasteiger partial charge < -0.3 is 10.1 Å². The van der Waals surface area contributed by atoms with Crippen LogP contribution in [0, 0.1) is 5.92 Å². The zero-order valence-corrected chi connectivity index (χ0v) is 16.3. The fraction of sp³-hybridized carbons (Fsp3) is 0.450. The van der Waals surface area contributed by atoms with E-state index in [1.807, 2.05) is 0 Å². The van der Waals surface area contributed by atoms with E-state index in [0.29, 0.717) is 30.3 Å². The third-order valence-electron chi connectivity index (χ3n) is 4.53. The summed E-state index contributed by atoms with van der Waals surface area (Å²) in [6.07, 6.45) is 9.25. The van der Waals surface area contributed by atoms with Gasteiger partial charge in [0.25, 0.3) is 5.91 Å². The monoisotopic (exact) mass is 389 g/mol. The summed E-state index contributed by atoms with van der Waals surface area (Å²) in [4.78, 5) is 24.1. The van der Waals surface area contributed by atoms with Gasteiger partial charge >= 0.3 is 0 Å². The van der Waals surface area contributed by atoms with Gasteiger partial charge in [0.15, 0.2) is 5.11 Å². The number of carbonyl (C=O) groups excluding carboxylic acids is 2. The fourth-order valence-corrected chi connectivity index (χ4v) is 3.24. The molecule has 0 spiro atoms. The van der Waals surface area contributed by atoms with E-state index in [1.54, 1.807) is 30.3 Å². The van der Waals surface area contributed by atoms with E-state index in [-0.39, 0.29) is 16.9 Å². The van der Waals surface area contributed by atoms with Crippen molar-refractivity contribution in [2.24, 2.45) is 5.92 Å². The lowest BCUT2D eigenvalue weighted by Crippen LogP contribution is -2.48. The molecular formula is C20H27N3O3S. The van der Waals surface area contributed by atoms with Gasteiger partial charge in [0.05, 0.1) is 0 Å². The average molecular weight is 390 g/mol. The minimum absolute atomic E-state index is 0.0860. The first-order valence-electron chi connectivity index (χ1n) is 9.32. The minimum atomic E-state index is -0.357. The highest BCUT2D eigenvalue weighted by atomic mass is 32.1. The maximum absolute atomic E-state index is 12.1. The molecule has 1 fully saturated rings. The van der Waals surface area contributed by atoms with E-state index in [4.69, 9.17) is 17.0 Å². The van der Waals surface area contributed by atoms with E-state index < -0.39 is 0 Å². The van der Waals surface area contributed by atoms with Crippen molar-refractivity contribution in [3.8, 4) is 5.75 Å². The normalized spacial score (nSPS) is 14.1. The highest BCUT2D eigenvalue weighted by molar-refractivity contribution is 7.80. The highest BCUT2D eigenvalue weighted by Gasteiger charge is 2.15. The number of thiocarbonyl (C=S) groups is 1. The summed E-state index contributed by atoms with van der Waals surface area (Å²) in [7, 11) is 0. The fourth-order valence-electron chi connectivity index (χ4n) is 3.07. The molecular weight excluding hydrogens is 362 g/mol. The second-order valence-corrected chi connectivity index (χ2v) is 7.03. The molecule has 0 atom stereocenters. The number of rotatable bonds is 7. The smallest absolute Gasteiger partial charge is 0.269 e. The summed E-state index contributed by atoms with van der Waals surface area (Å²) in [5.74, 6) is 0.810. The molecule has 2 rings (SSSR count). The van der Waals surface area contributed by atoms with Crippen molar-refractivity contribution in [2.75, 3.05) is 6.61 Å². The molecule has 146 valence electrons. The second kappa shape index (κ2) is 11.3. The number of hydrogen-bond acceptors (Lipinski definition) is 4. The first kappa shape index (κ1) is 20.9. The second-order valence-electron chi connectivity index (χ2n) is 6.62. The van der Waals surface area contributed by atoms with Gasteiger partial charge in [-0.2, -0.15) is 0 Å². The number of hydrogen-bond donors (Lipinski definition) is 3. The number of hydrazine groups is 1. The average Bonchev–Trinajstić information content (AvgIpc) is 2.70. The van der Waals surface area contributed by atoms with Crippen LogP contribution in [0.15, 0.2) is 36.9 Å². The molecule has 0 saturated heterocycles. The predicted octanol–water partition coefficient (Wildman–Crippen LogP) is 3.25. The Morgan fingerprint density at radius 1 is 1.15 bits per heavy atom. The Morgan fingerprint density at radius 2 is 1.85 bits per heavy atom. The Morgan fingerprint density at radius 3 is 2.52 bits per heavy atom. The van der Waals surface area contributed by atoms with E-state index in [9.17, 15) is 9.59 Å². The lowest BCUT2D eigenvalue weighted by molar-refractivity contribution is -0.120. The van der Waals surface area contributed by atoms with Crippen LogP contribution >= 0.6 is 12.2 Å². The number of nitrogens with one attached hydrogen (secondary N) is 3. The lowest BCUT2D eigenvalue weighted by atomic mass is 9.86. The topological polar surface area (TPSA) is 79.5 Å². The summed E-state index contributed by atoms with van der Waals surface area (Å²) < 4.78 is 5.36. The molecule has 0 bridgehead atoms. The molecule has 0 heterocycles. The number of benzene rings is 1. The molecule has 1 aromatic carbocycles. The van der Waals surface area contributed by atoms with Crippen LogP contribution in [0.2, 0.25) is 0 Å². The van der Waals surface area contributed by atoms with Gasteiger partial charge in [-0.15, -0.1) is 0 Å². The van der Waals surface area contributed by atoms with Gasteiger partial charge in [-0.1, -0.05) is 44.8 Å². The molecule has 0 unspecified atom stereocenters. The Bertz CT molecular complexity index is 655. The van der Waals surface area contributed by atoms with Crippen molar-refractivity contribution in [1.29, 1.82) is 0 Å². The van der Waals surface area contributed by atoms with Crippen LogP contribution in [-0.2, 0) is 4.79 Å². The third kappa shape index (κ3) is 7.78. The van der Waals surface area contributed by atoms with Crippen LogP contribution < -0.4 is 20.9 Å². The maximum Gasteiger partial charge on any atom is 0.269 e. The Labute approximate surface area is 165 Å². The number of amides is 2. The molecule has 3 N–H and O–H groups in total. The van der Waals surface area contributed by atoms with Crippen LogP contribution in [0.1, 0.15) is 55.3 Å². The summed E-state index contributed by atoms with van der Waals surface area (Å²) in [6, 6.07) is 6.68. The molecule has 1 aromatic rings. The van der Waals surface area contributed by atoms with E-state index in [1.165, 1.54) is 32.1 Å². The van der Waals surface area contributed by atoms with Crippen LogP contribution in [0.5, 0.6) is 5.75 Å². The largest absolute Gasteiger partial charge is 0.490 e. The highest BCUT2D eigenvalue weighted by Crippen LogP contribution is 2.27. The summed E-state index contributed by atoms with van der Waals surface area (Å²) in [5, 5.41) is 2.68. The Hall–Kier alpha value is -2.41. The number of carbonyl (C=O) groups is 2. The van der Waals surface area contributed by atoms with Crippen molar-refractivity contribution < 1.29 is 14.3 Å². The molecule has 0 aliphatic heterocycles. The zero-order valence-electron chi connectivity index (χ0n) is 15.5. The predicted molar refractivity (Wildman–Crippen MR) is 109 cm³/mol. The van der Waals surface area contributed by atoms with Crippen molar-refractivity contribution in [3.63, 3.8) is 0 Å². The first-order chi connectivity index (χ1) is 13.1. The van der Waals surface area contributed by atoms with E-state index in [0.717, 1.165) is 6.42 Å². The van der Waals surface area contributed by atoms with Gasteiger partial charge in [0.2, 0.25) is 5.91 Å². The van der Waals surface area contributed by atoms with Crippen LogP contribution in [0.3, 0.4) is 0 Å². The first-order valence-corrected chi connectivity index (χ1v) is 9.73. The van der Waals surface area contributed by atoms with Gasteiger partial charge in [-0.05, 0) is 48.8 Å². The molecule has 0 aromatic heterocycles. The van der Waals surface area contributed by atoms with Gasteiger partial charge in [-0.25, -0.2) is 0 Å². The minimum Gasteiger partial charge on any atom is -0.490 e. The molecule has 7 heteroatoms. The van der Waals surface area contributed by atoms with Crippen molar-refractivity contribution in [2.45, 2.75) is 44.9 Å². The van der Waals surface area contributed by atoms with Gasteiger partial charge in [0, 0.05) is 12.0 Å². The zero-order chi connectivity index (χ0) is 19.5. The van der Waals surface area contributed by atoms with E-state index in [2.05, 4.69) is 22.7 Å². The molecule has 27 heavy (non-hydrogen) atoms. The standard InChI is InChI=1S/C20H27N3O3S/c1-2-14-26-17-11-9-16(10-12-17)19(25)22-23-20(27)21-18(24)13-8-15-6-4-3-5-7-15/h2,9-12,15H,1,3-8,13-14H2,(H,22,25)(H2,21,23,24,27). The Kier molecular flexibility index (Phi) is 8.77. The van der Waals surface area contributed by atoms with Crippen molar-refractivity contribution in [3.05, 3.63) is 42.5 Å². The van der Waals surface area contributed by atoms with Gasteiger partial charge in [0.1, 0.15) is 12.4 Å². The summed E-state index contributed by atoms with van der Waals surface area (Å²) in [5.41, 5.74) is 5.47. The number of ether oxygens (including phenoxy) is 1.